The van der Waals surface area contributed by atoms with Gasteiger partial charge in [-0.05, 0) is 6.92 Å². The second kappa shape index (κ2) is 10.8. The highest BCUT2D eigenvalue weighted by molar-refractivity contribution is 6.18. The summed E-state index contributed by atoms with van der Waals surface area (Å²) in [5.41, 5.74) is 5.61. The lowest BCUT2D eigenvalue weighted by atomic mass is 10.4. The van der Waals surface area contributed by atoms with E-state index in [9.17, 15) is 9.59 Å². The number of amides is 1. The second-order valence-electron chi connectivity index (χ2n) is 3.39. The minimum Gasteiger partial charge on any atom is -0.463 e. The summed E-state index contributed by atoms with van der Waals surface area (Å²) in [6.07, 6.45) is 0.492. The van der Waals surface area contributed by atoms with Crippen molar-refractivity contribution in [1.29, 1.82) is 0 Å². The van der Waals surface area contributed by atoms with Crippen molar-refractivity contribution in [1.82, 2.24) is 4.90 Å². The third-order valence-corrected chi connectivity index (χ3v) is 2.26. The number of carbonyl (C=O) groups is 2. The number of carbonyl (C=O) groups excluding carboxylic acids is 2. The van der Waals surface area contributed by atoms with Gasteiger partial charge in [-0.3, -0.25) is 0 Å². The van der Waals surface area contributed by atoms with Gasteiger partial charge in [-0.1, -0.05) is 0 Å². The molecule has 6 nitrogen and oxygen atoms in total. The Bertz CT molecular complexity index is 318. The van der Waals surface area contributed by atoms with Crippen LogP contribution in [0, 0.1) is 0 Å². The van der Waals surface area contributed by atoms with Crippen molar-refractivity contribution >= 4 is 35.3 Å². The smallest absolute Gasteiger partial charge is 0.410 e. The van der Waals surface area contributed by atoms with E-state index in [4.69, 9.17) is 33.7 Å². The fourth-order valence-corrected chi connectivity index (χ4v) is 1.52. The van der Waals surface area contributed by atoms with E-state index in [1.165, 1.54) is 4.90 Å². The molecule has 0 saturated carbocycles. The van der Waals surface area contributed by atoms with E-state index in [0.717, 1.165) is 6.08 Å². The van der Waals surface area contributed by atoms with Crippen LogP contribution in [0.4, 0.5) is 4.79 Å². The average Bonchev–Trinajstić information content (AvgIpc) is 2.36. The van der Waals surface area contributed by atoms with Gasteiger partial charge in [0.15, 0.2) is 0 Å². The first-order valence-electron chi connectivity index (χ1n) is 5.71. The first-order valence-corrected chi connectivity index (χ1v) is 6.78. The summed E-state index contributed by atoms with van der Waals surface area (Å²) in [6, 6.07) is 0. The van der Waals surface area contributed by atoms with Gasteiger partial charge in [0, 0.05) is 30.9 Å². The minimum absolute atomic E-state index is 0.100. The number of halogens is 2. The van der Waals surface area contributed by atoms with Crippen LogP contribution in [0.25, 0.3) is 0 Å². The summed E-state index contributed by atoms with van der Waals surface area (Å²) >= 11 is 11.1. The Balaban J connectivity index is 4.22. The van der Waals surface area contributed by atoms with Crippen LogP contribution in [0.3, 0.4) is 0 Å². The van der Waals surface area contributed by atoms with E-state index in [1.807, 2.05) is 0 Å². The molecule has 0 aromatic heterocycles. The largest absolute Gasteiger partial charge is 0.463 e. The fourth-order valence-electron chi connectivity index (χ4n) is 1.11. The lowest BCUT2D eigenvalue weighted by Crippen LogP contribution is -2.35. The predicted octanol–water partition coefficient (Wildman–Crippen LogP) is 1.31. The maximum Gasteiger partial charge on any atom is 0.410 e. The quantitative estimate of drug-likeness (QED) is 0.415. The molecule has 0 spiro atoms. The van der Waals surface area contributed by atoms with Gasteiger partial charge < -0.3 is 20.1 Å². The van der Waals surface area contributed by atoms with E-state index < -0.39 is 12.1 Å². The third-order valence-electron chi connectivity index (χ3n) is 1.92. The molecule has 0 aromatic carbocycles. The average molecular weight is 313 g/mol. The number of nitrogens with two attached hydrogens (primary N) is 1. The molecule has 8 heteroatoms. The van der Waals surface area contributed by atoms with Crippen LogP contribution >= 0.6 is 23.2 Å². The highest BCUT2D eigenvalue weighted by Gasteiger charge is 2.14. The van der Waals surface area contributed by atoms with Crippen LogP contribution in [-0.4, -0.2) is 55.0 Å². The van der Waals surface area contributed by atoms with Crippen molar-refractivity contribution in [3.8, 4) is 0 Å². The maximum absolute atomic E-state index is 11.6. The van der Waals surface area contributed by atoms with E-state index >= 15 is 0 Å². The number of hydrogen-bond donors (Lipinski definition) is 1. The van der Waals surface area contributed by atoms with Crippen LogP contribution in [-0.2, 0) is 14.3 Å². The first kappa shape index (κ1) is 17.9. The third kappa shape index (κ3) is 8.56. The lowest BCUT2D eigenvalue weighted by molar-refractivity contribution is -0.137. The van der Waals surface area contributed by atoms with Gasteiger partial charge in [0.1, 0.15) is 6.61 Å². The van der Waals surface area contributed by atoms with E-state index in [0.29, 0.717) is 13.1 Å². The van der Waals surface area contributed by atoms with Crippen LogP contribution in [0.2, 0.25) is 0 Å². The Morgan fingerprint density at radius 3 is 2.26 bits per heavy atom. The van der Waals surface area contributed by atoms with Crippen molar-refractivity contribution in [2.75, 3.05) is 38.1 Å². The Hall–Kier alpha value is -1.14. The summed E-state index contributed by atoms with van der Waals surface area (Å²) in [6.45, 7) is 2.39. The van der Waals surface area contributed by atoms with E-state index in [1.54, 1.807) is 6.92 Å². The zero-order valence-corrected chi connectivity index (χ0v) is 12.2. The van der Waals surface area contributed by atoms with Gasteiger partial charge >= 0.3 is 12.1 Å². The predicted molar refractivity (Wildman–Crippen MR) is 73.3 cm³/mol. The minimum atomic E-state index is -0.582. The molecule has 2 N–H and O–H groups in total. The monoisotopic (exact) mass is 312 g/mol. The summed E-state index contributed by atoms with van der Waals surface area (Å²) in [7, 11) is 0. The summed E-state index contributed by atoms with van der Waals surface area (Å²) in [4.78, 5) is 24.1. The zero-order chi connectivity index (χ0) is 14.7. The molecule has 0 unspecified atom stereocenters. The molecule has 0 aromatic rings. The molecule has 0 aliphatic carbocycles. The maximum atomic E-state index is 11.6. The summed E-state index contributed by atoms with van der Waals surface area (Å²) < 4.78 is 9.58. The number of nitrogens with zero attached hydrogens (tertiary/aromatic N) is 1. The Morgan fingerprint density at radius 2 is 1.79 bits per heavy atom. The normalized spacial score (nSPS) is 11.0. The molecular weight excluding hydrogens is 295 g/mol. The number of rotatable bonds is 8. The zero-order valence-electron chi connectivity index (χ0n) is 10.7. The lowest BCUT2D eigenvalue weighted by Gasteiger charge is -2.19. The van der Waals surface area contributed by atoms with Crippen LogP contribution in [0.1, 0.15) is 6.92 Å². The number of hydrogen-bond acceptors (Lipinski definition) is 5. The molecule has 0 fully saturated rings. The van der Waals surface area contributed by atoms with Gasteiger partial charge in [-0.15, -0.1) is 23.2 Å². The molecule has 0 rings (SSSR count). The Kier molecular flexibility index (Phi) is 10.1. The molecule has 0 heterocycles. The molecule has 0 bridgehead atoms. The van der Waals surface area contributed by atoms with Crippen LogP contribution in [0.5, 0.6) is 0 Å². The molecule has 0 atom stereocenters. The highest BCUT2D eigenvalue weighted by Crippen LogP contribution is 1.98. The van der Waals surface area contributed by atoms with Gasteiger partial charge in [-0.25, -0.2) is 9.59 Å². The van der Waals surface area contributed by atoms with E-state index in [2.05, 4.69) is 4.74 Å². The Morgan fingerprint density at radius 1 is 1.21 bits per heavy atom. The van der Waals surface area contributed by atoms with Gasteiger partial charge in [0.25, 0.3) is 0 Å². The number of esters is 1. The standard InChI is InChI=1S/C11H18Cl2N2O4/c1-2-18-10(16)7-9(14)8-19-11(17)15(5-3-12)6-4-13/h7H,2-6,8,14H2,1H3/b9-7-. The van der Waals surface area contributed by atoms with Crippen molar-refractivity contribution in [3.05, 3.63) is 11.8 Å². The topological polar surface area (TPSA) is 81.9 Å². The molecule has 0 saturated heterocycles. The van der Waals surface area contributed by atoms with Crippen molar-refractivity contribution < 1.29 is 19.1 Å². The molecule has 0 aliphatic heterocycles. The molecule has 110 valence electrons. The first-order chi connectivity index (χ1) is 9.04. The molecular formula is C11H18Cl2N2O4. The van der Waals surface area contributed by atoms with Crippen molar-refractivity contribution in [3.63, 3.8) is 0 Å². The fraction of sp³-hybridized carbons (Fsp3) is 0.636. The van der Waals surface area contributed by atoms with Gasteiger partial charge in [-0.2, -0.15) is 0 Å². The van der Waals surface area contributed by atoms with Gasteiger partial charge in [0.2, 0.25) is 0 Å². The van der Waals surface area contributed by atoms with E-state index in [-0.39, 0.29) is 30.7 Å². The Labute approximate surface area is 122 Å². The SMILES string of the molecule is CCOC(=O)/C=C(\N)COC(=O)N(CCCl)CCCl. The van der Waals surface area contributed by atoms with Crippen LogP contribution in [0.15, 0.2) is 11.8 Å². The molecule has 0 radical (unpaired) electrons. The highest BCUT2D eigenvalue weighted by atomic mass is 35.5. The second-order valence-corrected chi connectivity index (χ2v) is 4.15. The number of alkyl halides is 2. The van der Waals surface area contributed by atoms with Crippen molar-refractivity contribution in [2.45, 2.75) is 6.92 Å². The van der Waals surface area contributed by atoms with Crippen LogP contribution < -0.4 is 5.73 Å². The van der Waals surface area contributed by atoms with Gasteiger partial charge in [0.05, 0.1) is 12.3 Å². The molecule has 1 amide bonds. The molecule has 0 aliphatic rings. The number of ether oxygens (including phenoxy) is 2. The summed E-state index contributed by atoms with van der Waals surface area (Å²) in [5.74, 6) is -0.0188. The summed E-state index contributed by atoms with van der Waals surface area (Å²) in [5, 5.41) is 0. The molecule has 19 heavy (non-hydrogen) atoms. The van der Waals surface area contributed by atoms with Crippen molar-refractivity contribution in [2.24, 2.45) is 5.73 Å².